The summed E-state index contributed by atoms with van der Waals surface area (Å²) in [4.78, 5) is 13.7. The predicted octanol–water partition coefficient (Wildman–Crippen LogP) is 6.44. The van der Waals surface area contributed by atoms with Gasteiger partial charge in [-0.1, -0.05) is 37.1 Å². The monoisotopic (exact) mass is 414 g/mol. The summed E-state index contributed by atoms with van der Waals surface area (Å²) < 4.78 is 0. The number of nitrogens with one attached hydrogen (secondary N) is 1. The third kappa shape index (κ3) is 3.55. The second-order valence-electron chi connectivity index (χ2n) is 7.78. The van der Waals surface area contributed by atoms with Crippen molar-refractivity contribution in [3.8, 4) is 23.5 Å². The van der Waals surface area contributed by atoms with E-state index < -0.39 is 0 Å². The molecule has 0 bridgehead atoms. The van der Waals surface area contributed by atoms with E-state index in [1.54, 1.807) is 0 Å². The zero-order chi connectivity index (χ0) is 22.1. The van der Waals surface area contributed by atoms with Crippen LogP contribution in [0.5, 0.6) is 0 Å². The third-order valence-corrected chi connectivity index (χ3v) is 5.68. The number of rotatable bonds is 4. The van der Waals surface area contributed by atoms with Gasteiger partial charge in [0.25, 0.3) is 0 Å². The fourth-order valence-electron chi connectivity index (χ4n) is 4.07. The smallest absolute Gasteiger partial charge is 0.138 e. The molecule has 0 aliphatic carbocycles. The Morgan fingerprint density at radius 3 is 2.72 bits per heavy atom. The van der Waals surface area contributed by atoms with Crippen molar-refractivity contribution in [3.05, 3.63) is 90.0 Å². The summed E-state index contributed by atoms with van der Waals surface area (Å²) in [5.74, 6) is 4.34. The van der Waals surface area contributed by atoms with Crippen LogP contribution in [0, 0.1) is 19.3 Å². The molecule has 0 amide bonds. The van der Waals surface area contributed by atoms with Crippen LogP contribution in [0.2, 0.25) is 0 Å². The van der Waals surface area contributed by atoms with E-state index in [-0.39, 0.29) is 0 Å². The van der Waals surface area contributed by atoms with Gasteiger partial charge in [-0.3, -0.25) is 0 Å². The van der Waals surface area contributed by atoms with Crippen LogP contribution < -0.4 is 5.32 Å². The Morgan fingerprint density at radius 1 is 0.969 bits per heavy atom. The van der Waals surface area contributed by atoms with Crippen molar-refractivity contribution in [1.29, 1.82) is 0 Å². The second kappa shape index (κ2) is 8.13. The molecule has 1 N–H and O–H groups in total. The van der Waals surface area contributed by atoms with Crippen molar-refractivity contribution in [2.24, 2.45) is 0 Å². The molecule has 0 unspecified atom stereocenters. The molecular weight excluding hydrogens is 392 g/mol. The standard InChI is InChI=1S/C28H22N4/c1-4-19-7-6-8-22(15-19)31-28-24-11-9-18(3)27(23(24)13-14-29-28)20-10-12-25-21(16-20)17-30-26(5-2)32-25/h1,6-17H,5H2,2-3H3,(H,29,31). The lowest BCUT2D eigenvalue weighted by Crippen LogP contribution is -1.97. The largest absolute Gasteiger partial charge is 0.340 e. The van der Waals surface area contributed by atoms with Gasteiger partial charge in [0, 0.05) is 40.8 Å². The van der Waals surface area contributed by atoms with Gasteiger partial charge in [0.2, 0.25) is 0 Å². The highest BCUT2D eigenvalue weighted by Gasteiger charge is 2.12. The summed E-state index contributed by atoms with van der Waals surface area (Å²) in [6.07, 6.45) is 10.1. The van der Waals surface area contributed by atoms with Gasteiger partial charge in [-0.25, -0.2) is 15.0 Å². The fourth-order valence-corrected chi connectivity index (χ4v) is 4.07. The van der Waals surface area contributed by atoms with E-state index in [0.29, 0.717) is 0 Å². The Morgan fingerprint density at radius 2 is 1.88 bits per heavy atom. The van der Waals surface area contributed by atoms with Gasteiger partial charge in [0.15, 0.2) is 0 Å². The molecule has 0 radical (unpaired) electrons. The lowest BCUT2D eigenvalue weighted by Gasteiger charge is -2.15. The van der Waals surface area contributed by atoms with Gasteiger partial charge in [-0.2, -0.15) is 0 Å². The van der Waals surface area contributed by atoms with E-state index in [0.717, 1.165) is 56.6 Å². The molecule has 4 nitrogen and oxygen atoms in total. The number of aromatic nitrogens is 3. The zero-order valence-corrected chi connectivity index (χ0v) is 18.1. The number of pyridine rings is 1. The van der Waals surface area contributed by atoms with Crippen LogP contribution >= 0.6 is 0 Å². The first-order valence-electron chi connectivity index (χ1n) is 10.6. The molecule has 0 spiro atoms. The van der Waals surface area contributed by atoms with Gasteiger partial charge < -0.3 is 5.32 Å². The van der Waals surface area contributed by atoms with Crippen LogP contribution in [-0.2, 0) is 6.42 Å². The van der Waals surface area contributed by atoms with Crippen LogP contribution in [0.3, 0.4) is 0 Å². The Balaban J connectivity index is 1.64. The average molecular weight is 415 g/mol. The van der Waals surface area contributed by atoms with Crippen LogP contribution in [0.25, 0.3) is 32.8 Å². The van der Waals surface area contributed by atoms with Crippen molar-refractivity contribution in [2.75, 3.05) is 5.32 Å². The van der Waals surface area contributed by atoms with E-state index in [4.69, 9.17) is 6.42 Å². The normalized spacial score (nSPS) is 10.9. The van der Waals surface area contributed by atoms with E-state index >= 15 is 0 Å². The van der Waals surface area contributed by atoms with Crippen molar-refractivity contribution >= 4 is 33.2 Å². The van der Waals surface area contributed by atoms with Crippen LogP contribution in [0.15, 0.2) is 73.1 Å². The Hall–Kier alpha value is -4.23. The topological polar surface area (TPSA) is 50.7 Å². The molecule has 0 aliphatic heterocycles. The first-order valence-corrected chi connectivity index (χ1v) is 10.6. The van der Waals surface area contributed by atoms with Crippen molar-refractivity contribution in [2.45, 2.75) is 20.3 Å². The number of terminal acetylenes is 1. The number of aryl methyl sites for hydroxylation is 2. The van der Waals surface area contributed by atoms with Crippen LogP contribution in [-0.4, -0.2) is 15.0 Å². The minimum atomic E-state index is 0.801. The van der Waals surface area contributed by atoms with E-state index in [1.165, 1.54) is 11.1 Å². The summed E-state index contributed by atoms with van der Waals surface area (Å²) in [6, 6.07) is 20.5. The minimum Gasteiger partial charge on any atom is -0.340 e. The Bertz CT molecular complexity index is 1510. The first-order chi connectivity index (χ1) is 15.7. The van der Waals surface area contributed by atoms with E-state index in [1.807, 2.05) is 36.7 Å². The molecule has 0 saturated heterocycles. The van der Waals surface area contributed by atoms with Gasteiger partial charge >= 0.3 is 0 Å². The number of hydrogen-bond acceptors (Lipinski definition) is 4. The molecule has 154 valence electrons. The summed E-state index contributed by atoms with van der Waals surface area (Å²) in [5, 5.41) is 6.66. The number of benzene rings is 3. The summed E-state index contributed by atoms with van der Waals surface area (Å²) in [7, 11) is 0. The van der Waals surface area contributed by atoms with Gasteiger partial charge in [-0.05, 0) is 65.4 Å². The lowest BCUT2D eigenvalue weighted by molar-refractivity contribution is 0.961. The van der Waals surface area contributed by atoms with Gasteiger partial charge in [0.05, 0.1) is 5.52 Å². The number of nitrogens with zero attached hydrogens (tertiary/aromatic N) is 3. The molecular formula is C28H22N4. The molecule has 0 aliphatic rings. The molecule has 0 atom stereocenters. The summed E-state index contributed by atoms with van der Waals surface area (Å²) in [5.41, 5.74) is 6.24. The molecule has 0 fully saturated rings. The molecule has 2 aromatic heterocycles. The van der Waals surface area contributed by atoms with E-state index in [9.17, 15) is 0 Å². The first kappa shape index (κ1) is 19.7. The molecule has 2 heterocycles. The van der Waals surface area contributed by atoms with Crippen molar-refractivity contribution in [1.82, 2.24) is 15.0 Å². The fraction of sp³-hybridized carbons (Fsp3) is 0.107. The number of hydrogen-bond donors (Lipinski definition) is 1. The lowest BCUT2D eigenvalue weighted by atomic mass is 9.93. The van der Waals surface area contributed by atoms with Crippen molar-refractivity contribution < 1.29 is 0 Å². The van der Waals surface area contributed by atoms with Crippen LogP contribution in [0.1, 0.15) is 23.9 Å². The molecule has 5 aromatic rings. The molecule has 32 heavy (non-hydrogen) atoms. The maximum absolute atomic E-state index is 5.56. The molecule has 0 saturated carbocycles. The minimum absolute atomic E-state index is 0.801. The van der Waals surface area contributed by atoms with E-state index in [2.05, 4.69) is 76.4 Å². The van der Waals surface area contributed by atoms with Crippen molar-refractivity contribution in [3.63, 3.8) is 0 Å². The second-order valence-corrected chi connectivity index (χ2v) is 7.78. The maximum Gasteiger partial charge on any atom is 0.138 e. The predicted molar refractivity (Wildman–Crippen MR) is 132 cm³/mol. The SMILES string of the molecule is C#Cc1cccc(Nc2nccc3c(-c4ccc5nc(CC)ncc5c4)c(C)ccc23)c1. The highest BCUT2D eigenvalue weighted by molar-refractivity contribution is 6.04. The van der Waals surface area contributed by atoms with Gasteiger partial charge in [0.1, 0.15) is 11.6 Å². The maximum atomic E-state index is 5.56. The zero-order valence-electron chi connectivity index (χ0n) is 18.1. The summed E-state index contributed by atoms with van der Waals surface area (Å²) in [6.45, 7) is 4.21. The summed E-state index contributed by atoms with van der Waals surface area (Å²) >= 11 is 0. The quantitative estimate of drug-likeness (QED) is 0.344. The molecule has 3 aromatic carbocycles. The Labute approximate surface area is 187 Å². The van der Waals surface area contributed by atoms with Gasteiger partial charge in [-0.15, -0.1) is 6.42 Å². The third-order valence-electron chi connectivity index (χ3n) is 5.68. The molecule has 5 rings (SSSR count). The van der Waals surface area contributed by atoms with Crippen LogP contribution in [0.4, 0.5) is 11.5 Å². The number of anilines is 2. The Kier molecular flexibility index (Phi) is 5.01. The highest BCUT2D eigenvalue weighted by atomic mass is 15.0. The highest BCUT2D eigenvalue weighted by Crippen LogP contribution is 2.36. The average Bonchev–Trinajstić information content (AvgIpc) is 2.83. The molecule has 4 heteroatoms. The number of fused-ring (bicyclic) bond motifs is 2.